The number of aromatic amines is 1. The van der Waals surface area contributed by atoms with Gasteiger partial charge < -0.3 is 39.3 Å². The van der Waals surface area contributed by atoms with Crippen LogP contribution in [0, 0.1) is 0 Å². The van der Waals surface area contributed by atoms with E-state index in [0.717, 1.165) is 22.7 Å². The first-order valence-electron chi connectivity index (χ1n) is 24.6. The van der Waals surface area contributed by atoms with Crippen LogP contribution in [0.15, 0.2) is 63.7 Å². The molecule has 31 heteroatoms. The van der Waals surface area contributed by atoms with E-state index in [1.165, 1.54) is 52.7 Å². The molecule has 0 aliphatic rings. The molecule has 0 saturated heterocycles. The topological polar surface area (TPSA) is 345 Å². The molecule has 8 heterocycles. The molecule has 78 heavy (non-hydrogen) atoms. The van der Waals surface area contributed by atoms with E-state index in [2.05, 4.69) is 40.8 Å². The number of nitrogens with two attached hydrogens (primary N) is 1. The summed E-state index contributed by atoms with van der Waals surface area (Å²) in [6, 6.07) is 0. The van der Waals surface area contributed by atoms with E-state index in [1.807, 2.05) is 0 Å². The molecule has 8 aromatic rings. The number of hydrogen-bond donors (Lipinski definition) is 5. The van der Waals surface area contributed by atoms with Gasteiger partial charge in [-0.3, -0.25) is 56.1 Å². The highest BCUT2D eigenvalue weighted by atomic mass is 79.9. The summed E-state index contributed by atoms with van der Waals surface area (Å²) >= 11 is 13.8. The molecule has 0 bridgehead atoms. The van der Waals surface area contributed by atoms with Crippen LogP contribution in [0.5, 0.6) is 0 Å². The number of rotatable bonds is 14. The number of nitrogens with zero attached hydrogens (tertiary/aromatic N) is 15. The zero-order valence-electron chi connectivity index (χ0n) is 45.8. The standard InChI is InChI=1S/2C13H20N4O3.C9H11ClN4O2.C7H8N4O2.C3H9NO.C2H4BrCl/c2*1-9(18)6-4-5-7-17-12(19)10-11(14-8-15(10)2)16(3)13(17)20;1-12-5-11-7-6(12)8(15)14(4-3-10)9(16)13(7)2;1-10-3-8-5-4(10)6(12)9-7(13)11(5)2;1-3(5)2-4;3-1-2-4/h2*8-9,18H,4-7H2,1-3H3;5H,3-4H2,1-2H3;3H,1-2H3,(H,9,12,13);3,5H,2,4H2,1H3;1-2H2/t2*9-;;;3-;/m00..0./s1. The Morgan fingerprint density at radius 2 is 0.795 bits per heavy atom. The number of nitrogens with one attached hydrogen (secondary N) is 1. The van der Waals surface area contributed by atoms with Gasteiger partial charge in [0.1, 0.15) is 0 Å². The van der Waals surface area contributed by atoms with Gasteiger partial charge in [0.05, 0.1) is 43.6 Å². The SMILES string of the molecule is C[C@H](O)CCCCn1c(=O)c2c(ncn2C)n(C)c1=O.C[C@H](O)CCCCn1c(=O)c2c(ncn2C)n(C)c1=O.C[C@H](O)CN.ClCCBr.Cn1cnc2c1c(=O)[nH]c(=O)n2C.Cn1cnc2c1c(=O)n(CCCl)c(=O)n2C. The highest BCUT2D eigenvalue weighted by Crippen LogP contribution is 2.08. The zero-order chi connectivity index (χ0) is 58.9. The second-order valence-electron chi connectivity index (χ2n) is 18.2. The van der Waals surface area contributed by atoms with Crippen molar-refractivity contribution in [3.05, 3.63) is 109 Å². The summed E-state index contributed by atoms with van der Waals surface area (Å²) in [5.41, 5.74) is 5.30. The lowest BCUT2D eigenvalue weighted by Crippen LogP contribution is -2.39. The van der Waals surface area contributed by atoms with E-state index >= 15 is 0 Å². The van der Waals surface area contributed by atoms with Crippen molar-refractivity contribution in [1.82, 2.24) is 75.2 Å². The third-order valence-electron chi connectivity index (χ3n) is 11.8. The quantitative estimate of drug-likeness (QED) is 0.0680. The number of alkyl halides is 3. The highest BCUT2D eigenvalue weighted by molar-refractivity contribution is 9.09. The Hall–Kier alpha value is -6.50. The number of unbranched alkanes of at least 4 members (excludes halogenated alkanes) is 2. The Bertz CT molecular complexity index is 3630. The summed E-state index contributed by atoms with van der Waals surface area (Å²) in [6.07, 6.45) is 9.28. The van der Waals surface area contributed by atoms with Crippen LogP contribution in [0.1, 0.15) is 59.3 Å². The fraction of sp³-hybridized carbons (Fsp3) is 0.574. The van der Waals surface area contributed by atoms with Gasteiger partial charge in [0.25, 0.3) is 22.2 Å². The molecule has 8 rings (SSSR count). The largest absolute Gasteiger partial charge is 0.393 e. The molecule has 0 spiro atoms. The van der Waals surface area contributed by atoms with Gasteiger partial charge in [0.15, 0.2) is 44.7 Å². The molecular weight excluding hydrogens is 1130 g/mol. The number of aryl methyl sites for hydroxylation is 8. The molecule has 0 aromatic carbocycles. The maximum absolute atomic E-state index is 12.4. The van der Waals surface area contributed by atoms with Crippen LogP contribution >= 0.6 is 39.1 Å². The normalized spacial score (nSPS) is 12.1. The van der Waals surface area contributed by atoms with E-state index in [9.17, 15) is 48.6 Å². The smallest absolute Gasteiger partial charge is 0.332 e. The van der Waals surface area contributed by atoms with E-state index < -0.39 is 16.9 Å². The fourth-order valence-corrected chi connectivity index (χ4v) is 7.71. The molecular formula is C47H72BrCl2N17O11. The van der Waals surface area contributed by atoms with E-state index in [-0.39, 0.29) is 58.8 Å². The van der Waals surface area contributed by atoms with E-state index in [0.29, 0.717) is 95.9 Å². The second kappa shape index (κ2) is 30.6. The van der Waals surface area contributed by atoms with Crippen LogP contribution in [0.2, 0.25) is 0 Å². The molecule has 0 saturated carbocycles. The average Bonchev–Trinajstić information content (AvgIpc) is 4.21. The van der Waals surface area contributed by atoms with Crippen molar-refractivity contribution in [2.75, 3.05) is 23.6 Å². The van der Waals surface area contributed by atoms with Crippen molar-refractivity contribution < 1.29 is 15.3 Å². The monoisotopic (exact) mass is 1200 g/mol. The maximum atomic E-state index is 12.4. The molecule has 0 radical (unpaired) electrons. The Balaban J connectivity index is 0.000000262. The van der Waals surface area contributed by atoms with Gasteiger partial charge in [-0.1, -0.05) is 15.9 Å². The molecule has 0 amide bonds. The summed E-state index contributed by atoms with van der Waals surface area (Å²) in [7, 11) is 13.3. The molecule has 8 aromatic heterocycles. The Morgan fingerprint density at radius 1 is 0.500 bits per heavy atom. The van der Waals surface area contributed by atoms with Gasteiger partial charge in [-0.25, -0.2) is 39.1 Å². The predicted molar refractivity (Wildman–Crippen MR) is 304 cm³/mol. The lowest BCUT2D eigenvalue weighted by Gasteiger charge is -2.09. The lowest BCUT2D eigenvalue weighted by molar-refractivity contribution is 0.179. The van der Waals surface area contributed by atoms with Crippen molar-refractivity contribution in [2.24, 2.45) is 62.1 Å². The van der Waals surface area contributed by atoms with Crippen molar-refractivity contribution in [3.63, 3.8) is 0 Å². The minimum Gasteiger partial charge on any atom is -0.393 e. The van der Waals surface area contributed by atoms with Crippen LogP contribution in [-0.4, -0.2) is 132 Å². The summed E-state index contributed by atoms with van der Waals surface area (Å²) in [5.74, 6) is 0.929. The predicted octanol–water partition coefficient (Wildman–Crippen LogP) is -0.452. The number of halogens is 3. The van der Waals surface area contributed by atoms with Gasteiger partial charge in [-0.15, -0.1) is 23.2 Å². The van der Waals surface area contributed by atoms with Gasteiger partial charge in [0.2, 0.25) is 0 Å². The Morgan fingerprint density at radius 3 is 1.08 bits per heavy atom. The first-order chi connectivity index (χ1) is 36.7. The third-order valence-corrected chi connectivity index (χ3v) is 13.0. The van der Waals surface area contributed by atoms with Crippen LogP contribution < -0.4 is 50.7 Å². The zero-order valence-corrected chi connectivity index (χ0v) is 48.9. The number of hydrogen-bond acceptors (Lipinski definition) is 16. The van der Waals surface area contributed by atoms with Crippen LogP contribution in [0.3, 0.4) is 0 Å². The molecule has 6 N–H and O–H groups in total. The van der Waals surface area contributed by atoms with Crippen molar-refractivity contribution >= 4 is 83.8 Å². The van der Waals surface area contributed by atoms with Crippen molar-refractivity contribution in [1.29, 1.82) is 0 Å². The highest BCUT2D eigenvalue weighted by Gasteiger charge is 2.17. The molecule has 0 aliphatic heterocycles. The van der Waals surface area contributed by atoms with Crippen molar-refractivity contribution in [3.8, 4) is 0 Å². The summed E-state index contributed by atoms with van der Waals surface area (Å²) < 4.78 is 15.5. The number of aliphatic hydroxyl groups excluding tert-OH is 3. The molecule has 432 valence electrons. The van der Waals surface area contributed by atoms with Gasteiger partial charge in [-0.2, -0.15) is 0 Å². The Labute approximate surface area is 463 Å². The number of aliphatic hydroxyl groups is 3. The second-order valence-corrected chi connectivity index (χ2v) is 19.7. The average molecular weight is 1200 g/mol. The number of H-pyrrole nitrogens is 1. The van der Waals surface area contributed by atoms with Crippen LogP contribution in [-0.2, 0) is 76.0 Å². The summed E-state index contributed by atoms with van der Waals surface area (Å²) in [5, 5.41) is 27.5. The first kappa shape index (κ1) is 65.8. The van der Waals surface area contributed by atoms with Gasteiger partial charge in [0, 0.05) is 99.7 Å². The molecule has 0 aliphatic carbocycles. The lowest BCUT2D eigenvalue weighted by atomic mass is 10.2. The number of fused-ring (bicyclic) bond motifs is 4. The van der Waals surface area contributed by atoms with Gasteiger partial charge in [-0.05, 0) is 59.3 Å². The van der Waals surface area contributed by atoms with E-state index in [1.54, 1.807) is 95.4 Å². The van der Waals surface area contributed by atoms with Gasteiger partial charge >= 0.3 is 22.8 Å². The molecule has 0 fully saturated rings. The minimum absolute atomic E-state index is 0.203. The number of imidazole rings is 4. The van der Waals surface area contributed by atoms with Crippen LogP contribution in [0.25, 0.3) is 44.7 Å². The molecule has 0 unspecified atom stereocenters. The maximum Gasteiger partial charge on any atom is 0.332 e. The van der Waals surface area contributed by atoms with Crippen LogP contribution in [0.4, 0.5) is 0 Å². The first-order valence-corrected chi connectivity index (χ1v) is 26.8. The third kappa shape index (κ3) is 16.3. The fourth-order valence-electron chi connectivity index (χ4n) is 7.55. The Kier molecular flexibility index (Phi) is 25.8. The number of aromatic nitrogens is 16. The minimum atomic E-state index is -0.448. The molecule has 3 atom stereocenters. The summed E-state index contributed by atoms with van der Waals surface area (Å²) in [4.78, 5) is 114. The molecule has 28 nitrogen and oxygen atoms in total. The van der Waals surface area contributed by atoms with Crippen molar-refractivity contribution in [2.45, 2.75) is 97.2 Å². The summed E-state index contributed by atoms with van der Waals surface area (Å²) in [6.45, 7) is 6.40. The van der Waals surface area contributed by atoms with E-state index in [4.69, 9.17) is 34.0 Å².